The number of aliphatic hydroxyl groups is 1. The molecule has 0 fully saturated rings. The van der Waals surface area contributed by atoms with Crippen molar-refractivity contribution in [1.29, 1.82) is 0 Å². The molecule has 1 atom stereocenters. The standard InChI is InChI=1S/C4H5ClN2O2/c5-4(9)3(8)1-2-6-7-4/h1-2,6-7,9H. The second kappa shape index (κ2) is 1.98. The van der Waals surface area contributed by atoms with Gasteiger partial charge in [0.1, 0.15) is 0 Å². The monoisotopic (exact) mass is 148 g/mol. The predicted molar refractivity (Wildman–Crippen MR) is 31.2 cm³/mol. The lowest BCUT2D eigenvalue weighted by Crippen LogP contribution is -2.54. The van der Waals surface area contributed by atoms with Crippen LogP contribution in [0.1, 0.15) is 0 Å². The maximum atomic E-state index is 10.5. The molecule has 1 heterocycles. The van der Waals surface area contributed by atoms with Crippen LogP contribution in [0.15, 0.2) is 12.3 Å². The van der Waals surface area contributed by atoms with E-state index >= 15 is 0 Å². The van der Waals surface area contributed by atoms with Crippen molar-refractivity contribution in [3.8, 4) is 0 Å². The quantitative estimate of drug-likeness (QED) is 0.307. The molecule has 0 spiro atoms. The average molecular weight is 149 g/mol. The van der Waals surface area contributed by atoms with Crippen molar-refractivity contribution in [2.45, 2.75) is 5.18 Å². The predicted octanol–water partition coefficient (Wildman–Crippen LogP) is -0.938. The van der Waals surface area contributed by atoms with Gasteiger partial charge in [0.15, 0.2) is 0 Å². The summed E-state index contributed by atoms with van der Waals surface area (Å²) in [4.78, 5) is 10.5. The maximum absolute atomic E-state index is 10.5. The molecule has 5 heteroatoms. The van der Waals surface area contributed by atoms with Crippen LogP contribution in [0.25, 0.3) is 0 Å². The van der Waals surface area contributed by atoms with Crippen LogP contribution in [0, 0.1) is 0 Å². The SMILES string of the molecule is O=C1C=CNNC1(O)Cl. The van der Waals surface area contributed by atoms with Crippen LogP contribution in [-0.4, -0.2) is 16.1 Å². The third kappa shape index (κ3) is 1.21. The zero-order valence-corrected chi connectivity index (χ0v) is 5.14. The number of hydrogen-bond donors (Lipinski definition) is 3. The highest BCUT2D eigenvalue weighted by Gasteiger charge is 2.32. The van der Waals surface area contributed by atoms with Crippen LogP contribution in [0.2, 0.25) is 0 Å². The van der Waals surface area contributed by atoms with Gasteiger partial charge in [0, 0.05) is 12.3 Å². The highest BCUT2D eigenvalue weighted by molar-refractivity contribution is 6.35. The molecule has 50 valence electrons. The number of rotatable bonds is 0. The second-order valence-corrected chi connectivity index (χ2v) is 2.14. The molecule has 0 amide bonds. The Morgan fingerprint density at radius 3 is 2.78 bits per heavy atom. The summed E-state index contributed by atoms with van der Waals surface area (Å²) in [6, 6.07) is 0. The molecular formula is C4H5ClN2O2. The molecule has 0 bridgehead atoms. The summed E-state index contributed by atoms with van der Waals surface area (Å²) in [5.74, 6) is -0.581. The van der Waals surface area contributed by atoms with Crippen molar-refractivity contribution in [3.05, 3.63) is 12.3 Å². The fraction of sp³-hybridized carbons (Fsp3) is 0.250. The van der Waals surface area contributed by atoms with E-state index in [1.165, 1.54) is 6.20 Å². The molecule has 1 aliphatic heterocycles. The molecule has 0 aromatic carbocycles. The molecule has 0 aromatic heterocycles. The van der Waals surface area contributed by atoms with Gasteiger partial charge in [0.2, 0.25) is 5.78 Å². The van der Waals surface area contributed by atoms with E-state index in [2.05, 4.69) is 10.9 Å². The number of ketones is 1. The van der Waals surface area contributed by atoms with Gasteiger partial charge in [-0.25, -0.2) is 0 Å². The Bertz CT molecular complexity index is 166. The Morgan fingerprint density at radius 2 is 2.44 bits per heavy atom. The Kier molecular flexibility index (Phi) is 1.44. The van der Waals surface area contributed by atoms with Crippen molar-refractivity contribution >= 4 is 17.4 Å². The van der Waals surface area contributed by atoms with E-state index in [-0.39, 0.29) is 0 Å². The number of alkyl halides is 1. The molecule has 9 heavy (non-hydrogen) atoms. The lowest BCUT2D eigenvalue weighted by molar-refractivity contribution is -0.128. The zero-order chi connectivity index (χ0) is 6.91. The molecule has 0 saturated heterocycles. The van der Waals surface area contributed by atoms with E-state index in [0.717, 1.165) is 6.08 Å². The summed E-state index contributed by atoms with van der Waals surface area (Å²) in [6.45, 7) is 0. The van der Waals surface area contributed by atoms with E-state index in [1.54, 1.807) is 0 Å². The van der Waals surface area contributed by atoms with Gasteiger partial charge < -0.3 is 10.5 Å². The zero-order valence-electron chi connectivity index (χ0n) is 4.39. The molecule has 1 unspecified atom stereocenters. The van der Waals surface area contributed by atoms with E-state index < -0.39 is 11.0 Å². The first-order chi connectivity index (χ1) is 4.13. The summed E-state index contributed by atoms with van der Waals surface area (Å²) >= 11 is 5.20. The number of nitrogens with one attached hydrogen (secondary N) is 2. The maximum Gasteiger partial charge on any atom is 0.275 e. The summed E-state index contributed by atoms with van der Waals surface area (Å²) in [7, 11) is 0. The Hall–Kier alpha value is -0.580. The molecule has 4 nitrogen and oxygen atoms in total. The molecule has 0 aromatic rings. The number of halogens is 1. The fourth-order valence-corrected chi connectivity index (χ4v) is 0.544. The van der Waals surface area contributed by atoms with Crippen molar-refractivity contribution in [2.24, 2.45) is 0 Å². The van der Waals surface area contributed by atoms with Crippen LogP contribution in [0.5, 0.6) is 0 Å². The van der Waals surface area contributed by atoms with Crippen LogP contribution in [-0.2, 0) is 4.79 Å². The van der Waals surface area contributed by atoms with Gasteiger partial charge in [-0.15, -0.1) is 0 Å². The van der Waals surface area contributed by atoms with Crippen molar-refractivity contribution in [3.63, 3.8) is 0 Å². The smallest absolute Gasteiger partial charge is 0.275 e. The molecule has 0 saturated carbocycles. The van der Waals surface area contributed by atoms with E-state index in [1.807, 2.05) is 0 Å². The Balaban J connectivity index is 2.78. The van der Waals surface area contributed by atoms with E-state index in [4.69, 9.17) is 16.7 Å². The molecule has 1 aliphatic rings. The first-order valence-corrected chi connectivity index (χ1v) is 2.66. The van der Waals surface area contributed by atoms with Gasteiger partial charge in [-0.1, -0.05) is 11.6 Å². The summed E-state index contributed by atoms with van der Waals surface area (Å²) in [5.41, 5.74) is 4.51. The highest BCUT2D eigenvalue weighted by atomic mass is 35.5. The van der Waals surface area contributed by atoms with Gasteiger partial charge >= 0.3 is 0 Å². The molecule has 3 N–H and O–H groups in total. The van der Waals surface area contributed by atoms with Crippen molar-refractivity contribution in [1.82, 2.24) is 10.9 Å². The lowest BCUT2D eigenvalue weighted by Gasteiger charge is -2.21. The summed E-state index contributed by atoms with van der Waals surface area (Å²) in [5, 5.41) is 6.86. The molecular weight excluding hydrogens is 144 g/mol. The number of hydrazine groups is 1. The number of carbonyl (C=O) groups is 1. The summed E-state index contributed by atoms with van der Waals surface area (Å²) < 4.78 is 0. The minimum Gasteiger partial charge on any atom is -0.355 e. The average Bonchev–Trinajstić information content (AvgIpc) is 1.77. The third-order valence-corrected chi connectivity index (χ3v) is 1.16. The minimum atomic E-state index is -1.98. The lowest BCUT2D eigenvalue weighted by atomic mass is 10.3. The first kappa shape index (κ1) is 6.54. The van der Waals surface area contributed by atoms with Gasteiger partial charge in [-0.3, -0.25) is 4.79 Å². The fourth-order valence-electron chi connectivity index (χ4n) is 0.427. The Labute approximate surface area is 56.5 Å². The third-order valence-electron chi connectivity index (χ3n) is 0.882. The molecule has 1 rings (SSSR count). The van der Waals surface area contributed by atoms with Crippen LogP contribution >= 0.6 is 11.6 Å². The topological polar surface area (TPSA) is 61.4 Å². The van der Waals surface area contributed by atoms with Gasteiger partial charge in [-0.05, 0) is 0 Å². The van der Waals surface area contributed by atoms with Crippen LogP contribution in [0.4, 0.5) is 0 Å². The highest BCUT2D eigenvalue weighted by Crippen LogP contribution is 2.09. The number of hydrogen-bond acceptors (Lipinski definition) is 4. The minimum absolute atomic E-state index is 0.581. The molecule has 0 radical (unpaired) electrons. The van der Waals surface area contributed by atoms with Gasteiger partial charge in [0.25, 0.3) is 5.18 Å². The number of carbonyl (C=O) groups excluding carboxylic acids is 1. The van der Waals surface area contributed by atoms with Crippen molar-refractivity contribution in [2.75, 3.05) is 0 Å². The van der Waals surface area contributed by atoms with Crippen LogP contribution < -0.4 is 10.9 Å². The Morgan fingerprint density at radius 1 is 1.78 bits per heavy atom. The summed E-state index contributed by atoms with van der Waals surface area (Å²) in [6.07, 6.45) is 2.49. The van der Waals surface area contributed by atoms with E-state index in [0.29, 0.717) is 0 Å². The second-order valence-electron chi connectivity index (χ2n) is 1.59. The van der Waals surface area contributed by atoms with Gasteiger partial charge in [0.05, 0.1) is 0 Å². The normalized spacial score (nSPS) is 34.2. The largest absolute Gasteiger partial charge is 0.355 e. The van der Waals surface area contributed by atoms with Gasteiger partial charge in [-0.2, -0.15) is 5.43 Å². The van der Waals surface area contributed by atoms with Crippen LogP contribution in [0.3, 0.4) is 0 Å². The first-order valence-electron chi connectivity index (χ1n) is 2.28. The molecule has 0 aliphatic carbocycles. The van der Waals surface area contributed by atoms with E-state index in [9.17, 15) is 4.79 Å². The van der Waals surface area contributed by atoms with Crippen molar-refractivity contribution < 1.29 is 9.90 Å².